The van der Waals surface area contributed by atoms with Crippen LogP contribution in [0.25, 0.3) is 22.1 Å². The molecule has 1 aliphatic heterocycles. The Kier molecular flexibility index (Phi) is 8.46. The number of rotatable bonds is 8. The number of carbonyl (C=O) groups excluding carboxylic acids is 1. The van der Waals surface area contributed by atoms with Crippen LogP contribution in [0.1, 0.15) is 56.1 Å². The highest BCUT2D eigenvalue weighted by molar-refractivity contribution is 7.89. The minimum Gasteiger partial charge on any atom is -0.497 e. The van der Waals surface area contributed by atoms with Crippen molar-refractivity contribution in [1.82, 2.24) is 10.1 Å². The first-order valence-electron chi connectivity index (χ1n) is 15.1. The molecule has 0 atom stereocenters. The molecule has 9 nitrogen and oxygen atoms in total. The van der Waals surface area contributed by atoms with Crippen molar-refractivity contribution >= 4 is 26.9 Å². The number of carbonyl (C=O) groups is 1. The SMILES string of the molecule is COc1ccc(-c2c/c(=N\NC(=O)CCNS(=O)(=O)c3ccc(C)cc3)oc3cc4c(cc23)CCC2(CCCCC2)O4)cc1. The fraction of sp³-hybridized carbons (Fsp3) is 0.353. The van der Waals surface area contributed by atoms with E-state index >= 15 is 0 Å². The minimum absolute atomic E-state index is 0.0747. The van der Waals surface area contributed by atoms with Gasteiger partial charge in [0.25, 0.3) is 0 Å². The quantitative estimate of drug-likeness (QED) is 0.244. The molecule has 0 unspecified atom stereocenters. The van der Waals surface area contributed by atoms with Gasteiger partial charge in [-0.25, -0.2) is 18.6 Å². The lowest BCUT2D eigenvalue weighted by Crippen LogP contribution is -2.41. The van der Waals surface area contributed by atoms with Gasteiger partial charge in [-0.3, -0.25) is 4.79 Å². The number of hydrogen-bond acceptors (Lipinski definition) is 7. The molecular weight excluding hydrogens is 578 g/mol. The maximum atomic E-state index is 12.6. The van der Waals surface area contributed by atoms with Crippen molar-refractivity contribution in [3.63, 3.8) is 0 Å². The molecule has 6 rings (SSSR count). The molecule has 1 saturated carbocycles. The smallest absolute Gasteiger partial charge is 0.241 e. The molecule has 0 radical (unpaired) electrons. The molecule has 230 valence electrons. The second-order valence-electron chi connectivity index (χ2n) is 11.6. The van der Waals surface area contributed by atoms with Crippen molar-refractivity contribution in [3.8, 4) is 22.6 Å². The lowest BCUT2D eigenvalue weighted by atomic mass is 9.79. The van der Waals surface area contributed by atoms with Crippen LogP contribution < -0.4 is 25.2 Å². The standard InChI is InChI=1S/C34H37N3O6S/c1-23-6-12-27(13-7-23)44(39,40)35-19-15-32(38)36-37-33-21-28(24-8-10-26(41-2)11-9-24)29-20-25-14-18-34(16-4-3-5-17-34)43-30(25)22-31(29)42-33/h6-13,20-22,35H,3-5,14-19H2,1-2H3,(H,36,38)/b37-33+. The molecule has 1 aromatic heterocycles. The van der Waals surface area contributed by atoms with Crippen LogP contribution >= 0.6 is 0 Å². The van der Waals surface area contributed by atoms with Gasteiger partial charge >= 0.3 is 0 Å². The van der Waals surface area contributed by atoms with E-state index in [0.29, 0.717) is 5.58 Å². The van der Waals surface area contributed by atoms with Crippen LogP contribution in [0, 0.1) is 6.92 Å². The Hall–Kier alpha value is -4.15. The summed E-state index contributed by atoms with van der Waals surface area (Å²) in [4.78, 5) is 12.8. The summed E-state index contributed by atoms with van der Waals surface area (Å²) in [7, 11) is -2.09. The summed E-state index contributed by atoms with van der Waals surface area (Å²) in [6.07, 6.45) is 7.63. The zero-order valence-electron chi connectivity index (χ0n) is 25.0. The van der Waals surface area contributed by atoms with Crippen molar-refractivity contribution < 1.29 is 27.1 Å². The Morgan fingerprint density at radius 1 is 0.977 bits per heavy atom. The number of benzene rings is 3. The summed E-state index contributed by atoms with van der Waals surface area (Å²) in [6, 6.07) is 20.2. The molecule has 1 fully saturated rings. The predicted molar refractivity (Wildman–Crippen MR) is 168 cm³/mol. The van der Waals surface area contributed by atoms with Gasteiger partial charge in [0.15, 0.2) is 0 Å². The third-order valence-electron chi connectivity index (χ3n) is 8.54. The van der Waals surface area contributed by atoms with Crippen molar-refractivity contribution in [2.45, 2.75) is 68.8 Å². The van der Waals surface area contributed by atoms with Crippen molar-refractivity contribution in [2.24, 2.45) is 5.10 Å². The van der Waals surface area contributed by atoms with Crippen LogP contribution in [0.15, 0.2) is 81.1 Å². The largest absolute Gasteiger partial charge is 0.497 e. The molecule has 0 saturated heterocycles. The zero-order chi connectivity index (χ0) is 30.7. The number of sulfonamides is 1. The van der Waals surface area contributed by atoms with Gasteiger partial charge in [-0.1, -0.05) is 36.2 Å². The lowest BCUT2D eigenvalue weighted by molar-refractivity contribution is -0.121. The highest BCUT2D eigenvalue weighted by Crippen LogP contribution is 2.44. The number of fused-ring (bicyclic) bond motifs is 2. The second kappa shape index (κ2) is 12.5. The molecule has 10 heteroatoms. The van der Waals surface area contributed by atoms with E-state index in [1.165, 1.54) is 31.4 Å². The summed E-state index contributed by atoms with van der Waals surface area (Å²) in [5, 5.41) is 5.17. The molecule has 2 heterocycles. The molecule has 1 aliphatic carbocycles. The van der Waals surface area contributed by atoms with Crippen LogP contribution in [0.5, 0.6) is 11.5 Å². The molecule has 3 aromatic carbocycles. The van der Waals surface area contributed by atoms with Crippen LogP contribution in [0.4, 0.5) is 0 Å². The van der Waals surface area contributed by atoms with Crippen LogP contribution in [-0.2, 0) is 21.2 Å². The Labute approximate surface area is 257 Å². The summed E-state index contributed by atoms with van der Waals surface area (Å²) in [5.41, 5.74) is 7.17. The summed E-state index contributed by atoms with van der Waals surface area (Å²) in [6.45, 7) is 1.81. The second-order valence-corrected chi connectivity index (χ2v) is 13.4. The van der Waals surface area contributed by atoms with Gasteiger partial charge in [0.1, 0.15) is 22.7 Å². The van der Waals surface area contributed by atoms with Crippen LogP contribution in [0.3, 0.4) is 0 Å². The minimum atomic E-state index is -3.72. The van der Waals surface area contributed by atoms with Crippen molar-refractivity contribution in [3.05, 3.63) is 83.4 Å². The molecule has 2 N–H and O–H groups in total. The third kappa shape index (κ3) is 6.51. The molecule has 44 heavy (non-hydrogen) atoms. The molecule has 2 aliphatic rings. The highest BCUT2D eigenvalue weighted by Gasteiger charge is 2.37. The van der Waals surface area contributed by atoms with Crippen molar-refractivity contribution in [1.29, 1.82) is 0 Å². The first kappa shape index (κ1) is 29.9. The van der Waals surface area contributed by atoms with Gasteiger partial charge in [0.2, 0.25) is 21.5 Å². The van der Waals surface area contributed by atoms with E-state index in [4.69, 9.17) is 13.9 Å². The first-order chi connectivity index (χ1) is 21.2. The molecule has 4 aromatic rings. The summed E-state index contributed by atoms with van der Waals surface area (Å²) < 4.78 is 45.7. The number of methoxy groups -OCH3 is 1. The fourth-order valence-electron chi connectivity index (χ4n) is 6.07. The summed E-state index contributed by atoms with van der Waals surface area (Å²) >= 11 is 0. The Balaban J connectivity index is 1.26. The predicted octanol–water partition coefficient (Wildman–Crippen LogP) is 5.75. The van der Waals surface area contributed by atoms with Gasteiger partial charge in [0.05, 0.1) is 12.0 Å². The first-order valence-corrected chi connectivity index (χ1v) is 16.6. The van der Waals surface area contributed by atoms with E-state index in [1.54, 1.807) is 25.3 Å². The van der Waals surface area contributed by atoms with Gasteiger partial charge in [-0.05, 0) is 92.5 Å². The third-order valence-corrected chi connectivity index (χ3v) is 10.0. The van der Waals surface area contributed by atoms with E-state index < -0.39 is 15.9 Å². The number of ether oxygens (including phenoxy) is 2. The van der Waals surface area contributed by atoms with E-state index in [1.807, 2.05) is 37.3 Å². The highest BCUT2D eigenvalue weighted by atomic mass is 32.2. The number of nitrogens with one attached hydrogen (secondary N) is 2. The van der Waals surface area contributed by atoms with Gasteiger partial charge < -0.3 is 13.9 Å². The molecular formula is C34H37N3O6S. The molecule has 1 amide bonds. The van der Waals surface area contributed by atoms with Gasteiger partial charge in [-0.15, -0.1) is 5.10 Å². The molecule has 0 bridgehead atoms. The number of nitrogens with zero attached hydrogens (tertiary/aromatic N) is 1. The monoisotopic (exact) mass is 615 g/mol. The molecule has 1 spiro atoms. The topological polar surface area (TPSA) is 119 Å². The van der Waals surface area contributed by atoms with Gasteiger partial charge in [-0.2, -0.15) is 0 Å². The maximum absolute atomic E-state index is 12.6. The van der Waals surface area contributed by atoms with Gasteiger partial charge in [0, 0.05) is 30.5 Å². The number of hydrogen-bond donors (Lipinski definition) is 2. The Bertz CT molecular complexity index is 1840. The zero-order valence-corrected chi connectivity index (χ0v) is 25.8. The van der Waals surface area contributed by atoms with Crippen LogP contribution in [-0.4, -0.2) is 33.6 Å². The fourth-order valence-corrected chi connectivity index (χ4v) is 7.10. The van der Waals surface area contributed by atoms with E-state index in [2.05, 4.69) is 21.3 Å². The normalized spacial score (nSPS) is 16.4. The number of aryl methyl sites for hydroxylation is 2. The van der Waals surface area contributed by atoms with Crippen LogP contribution in [0.2, 0.25) is 0 Å². The van der Waals surface area contributed by atoms with E-state index in [0.717, 1.165) is 64.8 Å². The Morgan fingerprint density at radius 2 is 1.73 bits per heavy atom. The van der Waals surface area contributed by atoms with E-state index in [9.17, 15) is 13.2 Å². The summed E-state index contributed by atoms with van der Waals surface area (Å²) in [5.74, 6) is 1.14. The number of amides is 1. The van der Waals surface area contributed by atoms with Crippen molar-refractivity contribution in [2.75, 3.05) is 13.7 Å². The Morgan fingerprint density at radius 3 is 2.45 bits per heavy atom. The lowest BCUT2D eigenvalue weighted by Gasteiger charge is -2.41. The van der Waals surface area contributed by atoms with E-state index in [-0.39, 0.29) is 29.0 Å². The average Bonchev–Trinajstić information content (AvgIpc) is 3.03. The maximum Gasteiger partial charge on any atom is 0.241 e. The average molecular weight is 616 g/mol.